The molecule has 0 aromatic carbocycles. The molecule has 0 bridgehead atoms. The Balaban J connectivity index is 2.33. The van der Waals surface area contributed by atoms with E-state index in [1.165, 1.54) is 24.3 Å². The fourth-order valence-corrected chi connectivity index (χ4v) is 2.91. The molecule has 2 heteroatoms. The number of thioether (sulfide) groups is 1. The Morgan fingerprint density at radius 1 is 1.42 bits per heavy atom. The monoisotopic (exact) mass is 188 g/mol. The highest BCUT2D eigenvalue weighted by atomic mass is 32.2. The van der Waals surface area contributed by atoms with E-state index in [0.29, 0.717) is 11.8 Å². The van der Waals surface area contributed by atoms with Crippen LogP contribution in [0.5, 0.6) is 0 Å². The normalized spacial score (nSPS) is 25.2. The van der Waals surface area contributed by atoms with Gasteiger partial charge in [-0.3, -0.25) is 0 Å². The first-order valence-electron chi connectivity index (χ1n) is 5.01. The van der Waals surface area contributed by atoms with Gasteiger partial charge >= 0.3 is 0 Å². The SMILES string of the molecule is CCC(C)C(O)C1CCSCC1. The van der Waals surface area contributed by atoms with Gasteiger partial charge in [0.1, 0.15) is 0 Å². The Bertz CT molecular complexity index is 121. The first-order valence-corrected chi connectivity index (χ1v) is 6.17. The summed E-state index contributed by atoms with van der Waals surface area (Å²) in [6.45, 7) is 4.32. The standard InChI is InChI=1S/C10H20OS/c1-3-8(2)10(11)9-4-6-12-7-5-9/h8-11H,3-7H2,1-2H3. The minimum Gasteiger partial charge on any atom is -0.393 e. The highest BCUT2D eigenvalue weighted by Crippen LogP contribution is 2.29. The third-order valence-corrected chi connectivity index (χ3v) is 4.02. The summed E-state index contributed by atoms with van der Waals surface area (Å²) in [5.41, 5.74) is 0. The van der Waals surface area contributed by atoms with E-state index in [1.54, 1.807) is 0 Å². The van der Waals surface area contributed by atoms with E-state index in [-0.39, 0.29) is 6.10 Å². The summed E-state index contributed by atoms with van der Waals surface area (Å²) in [6.07, 6.45) is 3.49. The molecule has 0 spiro atoms. The Hall–Kier alpha value is 0.310. The largest absolute Gasteiger partial charge is 0.393 e. The minimum absolute atomic E-state index is 0.0455. The van der Waals surface area contributed by atoms with Gasteiger partial charge < -0.3 is 5.11 Å². The smallest absolute Gasteiger partial charge is 0.0594 e. The Morgan fingerprint density at radius 3 is 2.50 bits per heavy atom. The van der Waals surface area contributed by atoms with Gasteiger partial charge in [0.15, 0.2) is 0 Å². The van der Waals surface area contributed by atoms with E-state index < -0.39 is 0 Å². The van der Waals surface area contributed by atoms with Crippen molar-refractivity contribution < 1.29 is 5.11 Å². The summed E-state index contributed by atoms with van der Waals surface area (Å²) in [7, 11) is 0. The van der Waals surface area contributed by atoms with Gasteiger partial charge in [-0.2, -0.15) is 11.8 Å². The van der Waals surface area contributed by atoms with Crippen LogP contribution >= 0.6 is 11.8 Å². The van der Waals surface area contributed by atoms with Crippen LogP contribution in [0.25, 0.3) is 0 Å². The zero-order valence-electron chi connectivity index (χ0n) is 8.12. The topological polar surface area (TPSA) is 20.2 Å². The molecule has 1 fully saturated rings. The molecule has 1 rings (SSSR count). The molecular weight excluding hydrogens is 168 g/mol. The van der Waals surface area contributed by atoms with Crippen LogP contribution in [-0.2, 0) is 0 Å². The molecule has 1 aliphatic heterocycles. The van der Waals surface area contributed by atoms with Gasteiger partial charge in [0, 0.05) is 0 Å². The molecule has 0 aromatic rings. The molecule has 2 atom stereocenters. The summed E-state index contributed by atoms with van der Waals surface area (Å²) >= 11 is 2.02. The maximum Gasteiger partial charge on any atom is 0.0594 e. The fraction of sp³-hybridized carbons (Fsp3) is 1.00. The molecule has 0 radical (unpaired) electrons. The van der Waals surface area contributed by atoms with Gasteiger partial charge in [-0.1, -0.05) is 20.3 Å². The van der Waals surface area contributed by atoms with Crippen LogP contribution in [0, 0.1) is 11.8 Å². The van der Waals surface area contributed by atoms with E-state index in [9.17, 15) is 5.11 Å². The van der Waals surface area contributed by atoms with Crippen LogP contribution in [0.4, 0.5) is 0 Å². The number of hydrogen-bond acceptors (Lipinski definition) is 2. The van der Waals surface area contributed by atoms with Crippen molar-refractivity contribution in [2.45, 2.75) is 39.2 Å². The average Bonchev–Trinajstić information content (AvgIpc) is 2.17. The molecule has 0 aliphatic carbocycles. The lowest BCUT2D eigenvalue weighted by molar-refractivity contribution is 0.0518. The van der Waals surface area contributed by atoms with E-state index in [4.69, 9.17) is 0 Å². The maximum absolute atomic E-state index is 9.93. The Kier molecular flexibility index (Phi) is 4.44. The molecule has 12 heavy (non-hydrogen) atoms. The van der Waals surface area contributed by atoms with Gasteiger partial charge in [-0.15, -0.1) is 0 Å². The highest BCUT2D eigenvalue weighted by Gasteiger charge is 2.25. The molecule has 72 valence electrons. The van der Waals surface area contributed by atoms with Crippen molar-refractivity contribution in [2.75, 3.05) is 11.5 Å². The second kappa shape index (κ2) is 5.13. The quantitative estimate of drug-likeness (QED) is 0.734. The van der Waals surface area contributed by atoms with Crippen molar-refractivity contribution in [1.29, 1.82) is 0 Å². The van der Waals surface area contributed by atoms with Crippen molar-refractivity contribution in [2.24, 2.45) is 11.8 Å². The van der Waals surface area contributed by atoms with Gasteiger partial charge in [0.05, 0.1) is 6.10 Å². The van der Waals surface area contributed by atoms with Crippen LogP contribution in [0.15, 0.2) is 0 Å². The fourth-order valence-electron chi connectivity index (χ4n) is 1.76. The average molecular weight is 188 g/mol. The van der Waals surface area contributed by atoms with Gasteiger partial charge in [-0.25, -0.2) is 0 Å². The Morgan fingerprint density at radius 2 is 2.00 bits per heavy atom. The molecule has 1 saturated heterocycles. The van der Waals surface area contributed by atoms with Crippen LogP contribution < -0.4 is 0 Å². The van der Waals surface area contributed by atoms with E-state index >= 15 is 0 Å². The van der Waals surface area contributed by atoms with Crippen LogP contribution in [0.2, 0.25) is 0 Å². The first-order chi connectivity index (χ1) is 5.75. The predicted molar refractivity (Wildman–Crippen MR) is 55.5 cm³/mol. The third-order valence-electron chi connectivity index (χ3n) is 2.98. The highest BCUT2D eigenvalue weighted by molar-refractivity contribution is 7.99. The van der Waals surface area contributed by atoms with Crippen molar-refractivity contribution in [3.63, 3.8) is 0 Å². The van der Waals surface area contributed by atoms with Crippen molar-refractivity contribution in [1.82, 2.24) is 0 Å². The molecule has 2 unspecified atom stereocenters. The van der Waals surface area contributed by atoms with Crippen molar-refractivity contribution >= 4 is 11.8 Å². The molecule has 0 aromatic heterocycles. The maximum atomic E-state index is 9.93. The van der Waals surface area contributed by atoms with Crippen LogP contribution in [0.1, 0.15) is 33.1 Å². The zero-order valence-corrected chi connectivity index (χ0v) is 8.94. The summed E-state index contributed by atoms with van der Waals surface area (Å²) in [4.78, 5) is 0. The van der Waals surface area contributed by atoms with Crippen LogP contribution in [0.3, 0.4) is 0 Å². The molecule has 1 N–H and O–H groups in total. The molecule has 1 heterocycles. The van der Waals surface area contributed by atoms with Gasteiger partial charge in [0.25, 0.3) is 0 Å². The zero-order chi connectivity index (χ0) is 8.97. The number of aliphatic hydroxyl groups is 1. The molecule has 0 amide bonds. The second-order valence-electron chi connectivity index (χ2n) is 3.83. The summed E-state index contributed by atoms with van der Waals surface area (Å²) in [5.74, 6) is 3.57. The lowest BCUT2D eigenvalue weighted by Gasteiger charge is -2.29. The molecule has 1 aliphatic rings. The Labute approximate surface area is 79.9 Å². The summed E-state index contributed by atoms with van der Waals surface area (Å²) < 4.78 is 0. The first kappa shape index (κ1) is 10.4. The lowest BCUT2D eigenvalue weighted by atomic mass is 9.87. The summed E-state index contributed by atoms with van der Waals surface area (Å²) in [5, 5.41) is 9.93. The predicted octanol–water partition coefficient (Wildman–Crippen LogP) is 2.54. The van der Waals surface area contributed by atoms with E-state index in [2.05, 4.69) is 13.8 Å². The van der Waals surface area contributed by atoms with Crippen LogP contribution in [-0.4, -0.2) is 22.7 Å². The van der Waals surface area contributed by atoms with E-state index in [1.807, 2.05) is 11.8 Å². The lowest BCUT2D eigenvalue weighted by Crippen LogP contribution is -2.30. The number of rotatable bonds is 3. The second-order valence-corrected chi connectivity index (χ2v) is 5.05. The molecule has 1 nitrogen and oxygen atoms in total. The van der Waals surface area contributed by atoms with Crippen molar-refractivity contribution in [3.05, 3.63) is 0 Å². The number of aliphatic hydroxyl groups excluding tert-OH is 1. The van der Waals surface area contributed by atoms with E-state index in [0.717, 1.165) is 6.42 Å². The third kappa shape index (κ3) is 2.67. The van der Waals surface area contributed by atoms with Gasteiger partial charge in [-0.05, 0) is 36.2 Å². The summed E-state index contributed by atoms with van der Waals surface area (Å²) in [6, 6.07) is 0. The number of hydrogen-bond donors (Lipinski definition) is 1. The molecule has 0 saturated carbocycles. The molecular formula is C10H20OS. The van der Waals surface area contributed by atoms with Gasteiger partial charge in [0.2, 0.25) is 0 Å². The minimum atomic E-state index is -0.0455. The van der Waals surface area contributed by atoms with Crippen molar-refractivity contribution in [3.8, 4) is 0 Å².